The molecule has 17 heavy (non-hydrogen) atoms. The summed E-state index contributed by atoms with van der Waals surface area (Å²) in [6.45, 7) is 0. The topological polar surface area (TPSA) is 85.5 Å². The number of nitrogens with zero attached hydrogens (tertiary/aromatic N) is 8. The molecule has 8 nitrogen and oxygen atoms in total. The van der Waals surface area contributed by atoms with Crippen molar-refractivity contribution in [3.63, 3.8) is 0 Å². The number of tetrazole rings is 1. The maximum Gasteiger partial charge on any atom is 0.230 e. The number of aryl methyl sites for hydroxylation is 1. The van der Waals surface area contributed by atoms with Crippen LogP contribution in [0.5, 0.6) is 0 Å². The maximum atomic E-state index is 5.81. The van der Waals surface area contributed by atoms with E-state index in [1.165, 1.54) is 16.4 Å². The first-order chi connectivity index (χ1) is 8.06. The van der Waals surface area contributed by atoms with Gasteiger partial charge in [0.2, 0.25) is 21.5 Å². The molecule has 0 unspecified atom stereocenters. The van der Waals surface area contributed by atoms with Gasteiger partial charge in [-0.3, -0.25) is 0 Å². The zero-order valence-corrected chi connectivity index (χ0v) is 10.9. The van der Waals surface area contributed by atoms with Crippen LogP contribution in [0.15, 0.2) is 10.3 Å². The van der Waals surface area contributed by atoms with Crippen LogP contribution < -0.4 is 4.90 Å². The summed E-state index contributed by atoms with van der Waals surface area (Å²) in [6, 6.07) is 0. The fourth-order valence-electron chi connectivity index (χ4n) is 0.957. The second kappa shape index (κ2) is 4.80. The lowest BCUT2D eigenvalue weighted by molar-refractivity contribution is 0.663. The first-order valence-electron chi connectivity index (χ1n) is 4.55. The zero-order chi connectivity index (χ0) is 12.4. The Hall–Kier alpha value is -1.48. The lowest BCUT2D eigenvalue weighted by Crippen LogP contribution is -2.13. The number of anilines is 1. The third kappa shape index (κ3) is 2.80. The number of hydrogen-bond acceptors (Lipinski definition) is 8. The summed E-state index contributed by atoms with van der Waals surface area (Å²) >= 11 is 7.03. The van der Waals surface area contributed by atoms with Crippen molar-refractivity contribution < 1.29 is 0 Å². The van der Waals surface area contributed by atoms with Crippen LogP contribution in [0.1, 0.15) is 0 Å². The molecule has 0 saturated carbocycles. The van der Waals surface area contributed by atoms with E-state index in [4.69, 9.17) is 11.6 Å². The van der Waals surface area contributed by atoms with Gasteiger partial charge in [-0.15, -0.1) is 5.10 Å². The molecule has 0 aliphatic carbocycles. The molecule has 0 aromatic carbocycles. The average Bonchev–Trinajstić information content (AvgIpc) is 2.63. The highest BCUT2D eigenvalue weighted by Crippen LogP contribution is 2.23. The summed E-state index contributed by atoms with van der Waals surface area (Å²) in [6.07, 6.45) is 0. The monoisotopic (exact) mass is 272 g/mol. The molecule has 10 heteroatoms. The molecule has 0 saturated heterocycles. The average molecular weight is 273 g/mol. The van der Waals surface area contributed by atoms with E-state index in [0.717, 1.165) is 0 Å². The molecule has 2 aromatic rings. The normalized spacial score (nSPS) is 10.6. The molecule has 0 aliphatic rings. The lowest BCUT2D eigenvalue weighted by atomic mass is 10.8. The quantitative estimate of drug-likeness (QED) is 0.787. The molecule has 0 fully saturated rings. The van der Waals surface area contributed by atoms with E-state index < -0.39 is 0 Å². The van der Waals surface area contributed by atoms with E-state index in [-0.39, 0.29) is 5.28 Å². The molecule has 0 N–H and O–H groups in total. The van der Waals surface area contributed by atoms with E-state index >= 15 is 0 Å². The van der Waals surface area contributed by atoms with Crippen LogP contribution in [0.3, 0.4) is 0 Å². The van der Waals surface area contributed by atoms with Crippen molar-refractivity contribution in [1.82, 2.24) is 35.2 Å². The minimum absolute atomic E-state index is 0.140. The number of aromatic nitrogens is 7. The fourth-order valence-corrected chi connectivity index (χ4v) is 1.83. The van der Waals surface area contributed by atoms with Crippen molar-refractivity contribution >= 4 is 29.3 Å². The van der Waals surface area contributed by atoms with E-state index in [0.29, 0.717) is 16.3 Å². The molecule has 0 radical (unpaired) electrons. The van der Waals surface area contributed by atoms with Gasteiger partial charge in [0.25, 0.3) is 0 Å². The van der Waals surface area contributed by atoms with Crippen LogP contribution in [0, 0.1) is 0 Å². The van der Waals surface area contributed by atoms with Crippen LogP contribution in [0.25, 0.3) is 0 Å². The van der Waals surface area contributed by atoms with Crippen LogP contribution >= 0.6 is 23.4 Å². The minimum Gasteiger partial charge on any atom is -0.347 e. The van der Waals surface area contributed by atoms with Crippen molar-refractivity contribution in [2.45, 2.75) is 10.3 Å². The van der Waals surface area contributed by atoms with Crippen LogP contribution in [-0.2, 0) is 7.05 Å². The molecule has 2 aromatic heterocycles. The summed E-state index contributed by atoms with van der Waals surface area (Å²) < 4.78 is 1.53. The number of hydrogen-bond donors (Lipinski definition) is 0. The van der Waals surface area contributed by atoms with E-state index in [1.54, 1.807) is 11.9 Å². The van der Waals surface area contributed by atoms with E-state index in [9.17, 15) is 0 Å². The Morgan fingerprint density at radius 1 is 1.24 bits per heavy atom. The summed E-state index contributed by atoms with van der Waals surface area (Å²) in [7, 11) is 5.38. The Morgan fingerprint density at radius 2 is 2.00 bits per heavy atom. The predicted molar refractivity (Wildman–Crippen MR) is 62.1 cm³/mol. The van der Waals surface area contributed by atoms with Crippen molar-refractivity contribution in [2.24, 2.45) is 7.05 Å². The molecule has 0 bridgehead atoms. The highest BCUT2D eigenvalue weighted by Gasteiger charge is 2.11. The molecule has 90 valence electrons. The van der Waals surface area contributed by atoms with E-state index in [1.807, 2.05) is 14.1 Å². The summed E-state index contributed by atoms with van der Waals surface area (Å²) in [5.41, 5.74) is 0. The third-order valence-corrected chi connectivity index (χ3v) is 2.80. The number of halogens is 1. The molecular formula is C7H9ClN8S. The summed E-state index contributed by atoms with van der Waals surface area (Å²) in [4.78, 5) is 14.0. The molecule has 0 aliphatic heterocycles. The van der Waals surface area contributed by atoms with Gasteiger partial charge >= 0.3 is 0 Å². The largest absolute Gasteiger partial charge is 0.347 e. The van der Waals surface area contributed by atoms with Crippen LogP contribution in [0.2, 0.25) is 5.28 Å². The summed E-state index contributed by atoms with van der Waals surface area (Å²) in [5, 5.41) is 12.2. The van der Waals surface area contributed by atoms with Crippen LogP contribution in [-0.4, -0.2) is 49.3 Å². The van der Waals surface area contributed by atoms with E-state index in [2.05, 4.69) is 30.5 Å². The number of rotatable bonds is 3. The van der Waals surface area contributed by atoms with Gasteiger partial charge in [0, 0.05) is 21.1 Å². The Kier molecular flexibility index (Phi) is 3.38. The Bertz CT molecular complexity index is 526. The SMILES string of the molecule is CN(C)c1nc(Cl)nc(Sc2nnnn2C)n1. The second-order valence-electron chi connectivity index (χ2n) is 3.27. The zero-order valence-electron chi connectivity index (χ0n) is 9.36. The predicted octanol–water partition coefficient (Wildman–Crippen LogP) is 0.266. The summed E-state index contributed by atoms with van der Waals surface area (Å²) in [5.74, 6) is 0.489. The van der Waals surface area contributed by atoms with Gasteiger partial charge in [0.15, 0.2) is 0 Å². The third-order valence-electron chi connectivity index (χ3n) is 1.74. The second-order valence-corrected chi connectivity index (χ2v) is 4.54. The van der Waals surface area contributed by atoms with Gasteiger partial charge in [-0.1, -0.05) is 0 Å². The molecular weight excluding hydrogens is 264 g/mol. The van der Waals surface area contributed by atoms with Gasteiger partial charge in [0.1, 0.15) is 0 Å². The Morgan fingerprint density at radius 3 is 2.59 bits per heavy atom. The lowest BCUT2D eigenvalue weighted by Gasteiger charge is -2.10. The Labute approximate surface area is 106 Å². The Balaban J connectivity index is 2.30. The van der Waals surface area contributed by atoms with Gasteiger partial charge in [-0.05, 0) is 33.8 Å². The molecule has 2 heterocycles. The minimum atomic E-state index is 0.140. The fraction of sp³-hybridized carbons (Fsp3) is 0.429. The highest BCUT2D eigenvalue weighted by atomic mass is 35.5. The molecule has 2 rings (SSSR count). The maximum absolute atomic E-state index is 5.81. The van der Waals surface area contributed by atoms with Gasteiger partial charge in [-0.25, -0.2) is 4.68 Å². The van der Waals surface area contributed by atoms with Crippen molar-refractivity contribution in [3.8, 4) is 0 Å². The standard InChI is InChI=1S/C7H9ClN8S/c1-15(2)5-9-4(8)10-6(11-5)17-7-12-13-14-16(7)3/h1-3H3. The highest BCUT2D eigenvalue weighted by molar-refractivity contribution is 7.99. The first kappa shape index (κ1) is 12.0. The van der Waals surface area contributed by atoms with Crippen molar-refractivity contribution in [1.29, 1.82) is 0 Å². The van der Waals surface area contributed by atoms with Gasteiger partial charge in [-0.2, -0.15) is 15.0 Å². The molecule has 0 spiro atoms. The van der Waals surface area contributed by atoms with Crippen LogP contribution in [0.4, 0.5) is 5.95 Å². The first-order valence-corrected chi connectivity index (χ1v) is 5.75. The van der Waals surface area contributed by atoms with Gasteiger partial charge in [0.05, 0.1) is 0 Å². The molecule has 0 atom stereocenters. The van der Waals surface area contributed by atoms with Crippen molar-refractivity contribution in [3.05, 3.63) is 5.28 Å². The van der Waals surface area contributed by atoms with Crippen molar-refractivity contribution in [2.75, 3.05) is 19.0 Å². The van der Waals surface area contributed by atoms with Gasteiger partial charge < -0.3 is 4.90 Å². The smallest absolute Gasteiger partial charge is 0.230 e. The molecule has 0 amide bonds.